The van der Waals surface area contributed by atoms with Crippen LogP contribution in [0.15, 0.2) is 54.6 Å². The zero-order valence-electron chi connectivity index (χ0n) is 12.3. The molecule has 2 heteroatoms. The summed E-state index contributed by atoms with van der Waals surface area (Å²) in [6.45, 7) is 1.95. The van der Waals surface area contributed by atoms with Crippen LogP contribution < -0.4 is 5.73 Å². The fraction of sp³-hybridized carbons (Fsp3) is 0.316. The summed E-state index contributed by atoms with van der Waals surface area (Å²) in [4.78, 5) is 12.5. The van der Waals surface area contributed by atoms with Crippen molar-refractivity contribution < 1.29 is 4.79 Å². The Morgan fingerprint density at radius 2 is 1.81 bits per heavy atom. The largest absolute Gasteiger partial charge is 0.323 e. The van der Waals surface area contributed by atoms with Gasteiger partial charge in [0.15, 0.2) is 0 Å². The average Bonchev–Trinajstić information content (AvgIpc) is 2.52. The Kier molecular flexibility index (Phi) is 3.89. The summed E-state index contributed by atoms with van der Waals surface area (Å²) in [5.74, 6) is 0.519. The van der Waals surface area contributed by atoms with E-state index in [4.69, 9.17) is 5.73 Å². The molecule has 0 saturated carbocycles. The van der Waals surface area contributed by atoms with Crippen LogP contribution in [-0.4, -0.2) is 5.78 Å². The van der Waals surface area contributed by atoms with Gasteiger partial charge in [-0.15, -0.1) is 0 Å². The highest BCUT2D eigenvalue weighted by Gasteiger charge is 2.30. The predicted molar refractivity (Wildman–Crippen MR) is 85.0 cm³/mol. The van der Waals surface area contributed by atoms with Crippen LogP contribution in [0.4, 0.5) is 0 Å². The zero-order chi connectivity index (χ0) is 14.8. The highest BCUT2D eigenvalue weighted by molar-refractivity contribution is 5.82. The fourth-order valence-electron chi connectivity index (χ4n) is 3.14. The minimum Gasteiger partial charge on any atom is -0.323 e. The molecule has 0 amide bonds. The van der Waals surface area contributed by atoms with Crippen LogP contribution in [0.5, 0.6) is 0 Å². The van der Waals surface area contributed by atoms with E-state index in [2.05, 4.69) is 24.3 Å². The van der Waals surface area contributed by atoms with E-state index in [1.165, 1.54) is 11.1 Å². The van der Waals surface area contributed by atoms with Crippen molar-refractivity contribution in [3.8, 4) is 0 Å². The summed E-state index contributed by atoms with van der Waals surface area (Å²) in [5, 5.41) is 0. The summed E-state index contributed by atoms with van der Waals surface area (Å²) in [7, 11) is 0. The molecule has 1 aliphatic rings. The van der Waals surface area contributed by atoms with Crippen LogP contribution in [0.25, 0.3) is 0 Å². The Hall–Kier alpha value is -1.93. The lowest BCUT2D eigenvalue weighted by Crippen LogP contribution is -2.29. The third-order valence-corrected chi connectivity index (χ3v) is 4.64. The molecule has 3 atom stereocenters. The van der Waals surface area contributed by atoms with E-state index in [-0.39, 0.29) is 17.7 Å². The number of rotatable bonds is 5. The van der Waals surface area contributed by atoms with E-state index in [0.717, 1.165) is 12.0 Å². The Balaban J connectivity index is 1.64. The number of fused-ring (bicyclic) bond motifs is 1. The third kappa shape index (κ3) is 2.77. The molecule has 2 aromatic carbocycles. The van der Waals surface area contributed by atoms with Crippen molar-refractivity contribution in [2.45, 2.75) is 31.7 Å². The van der Waals surface area contributed by atoms with Gasteiger partial charge in [0.2, 0.25) is 0 Å². The number of benzene rings is 2. The van der Waals surface area contributed by atoms with Crippen molar-refractivity contribution in [3.05, 3.63) is 71.3 Å². The monoisotopic (exact) mass is 279 g/mol. The van der Waals surface area contributed by atoms with Gasteiger partial charge in [0.1, 0.15) is 5.78 Å². The third-order valence-electron chi connectivity index (χ3n) is 4.64. The molecule has 21 heavy (non-hydrogen) atoms. The molecule has 0 aromatic heterocycles. The number of carbonyl (C=O) groups is 1. The van der Waals surface area contributed by atoms with Crippen molar-refractivity contribution in [1.29, 1.82) is 0 Å². The van der Waals surface area contributed by atoms with E-state index in [0.29, 0.717) is 12.3 Å². The van der Waals surface area contributed by atoms with Crippen LogP contribution in [0, 0.1) is 5.92 Å². The highest BCUT2D eigenvalue weighted by atomic mass is 16.1. The summed E-state index contributed by atoms with van der Waals surface area (Å²) in [6, 6.07) is 18.1. The quantitative estimate of drug-likeness (QED) is 0.908. The van der Waals surface area contributed by atoms with Gasteiger partial charge in [-0.05, 0) is 29.0 Å². The van der Waals surface area contributed by atoms with Gasteiger partial charge < -0.3 is 5.73 Å². The molecule has 3 rings (SSSR count). The van der Waals surface area contributed by atoms with Crippen LogP contribution >= 0.6 is 0 Å². The lowest BCUT2D eigenvalue weighted by molar-refractivity contribution is -0.123. The van der Waals surface area contributed by atoms with Gasteiger partial charge in [-0.1, -0.05) is 61.5 Å². The first-order chi connectivity index (χ1) is 10.2. The molecule has 0 fully saturated rings. The molecule has 108 valence electrons. The van der Waals surface area contributed by atoms with E-state index >= 15 is 0 Å². The molecule has 3 unspecified atom stereocenters. The average molecular weight is 279 g/mol. The predicted octanol–water partition coefficient (Wildman–Crippen LogP) is 3.62. The van der Waals surface area contributed by atoms with Gasteiger partial charge in [0, 0.05) is 18.4 Å². The van der Waals surface area contributed by atoms with Gasteiger partial charge in [0.05, 0.1) is 0 Å². The molecule has 0 bridgehead atoms. The van der Waals surface area contributed by atoms with Crippen molar-refractivity contribution in [1.82, 2.24) is 0 Å². The van der Waals surface area contributed by atoms with Crippen LogP contribution in [0.1, 0.15) is 42.0 Å². The molecular weight excluding hydrogens is 258 g/mol. The Morgan fingerprint density at radius 3 is 2.52 bits per heavy atom. The van der Waals surface area contributed by atoms with Crippen molar-refractivity contribution in [2.75, 3.05) is 0 Å². The van der Waals surface area contributed by atoms with Crippen molar-refractivity contribution >= 4 is 5.78 Å². The Morgan fingerprint density at radius 1 is 1.14 bits per heavy atom. The second-order valence-electron chi connectivity index (χ2n) is 6.00. The van der Waals surface area contributed by atoms with Crippen LogP contribution in [0.2, 0.25) is 0 Å². The molecule has 2 aromatic rings. The minimum absolute atomic E-state index is 0.139. The molecule has 0 spiro atoms. The van der Waals surface area contributed by atoms with Crippen LogP contribution in [0.3, 0.4) is 0 Å². The molecule has 2 nitrogen and oxygen atoms in total. The maximum atomic E-state index is 12.5. The van der Waals surface area contributed by atoms with Gasteiger partial charge in [-0.3, -0.25) is 4.79 Å². The fourth-order valence-corrected chi connectivity index (χ4v) is 3.14. The number of nitrogens with two attached hydrogens (primary N) is 1. The maximum Gasteiger partial charge on any atom is 0.138 e. The molecular formula is C19H21NO. The molecule has 2 N–H and O–H groups in total. The number of hydrogen-bond donors (Lipinski definition) is 1. The molecule has 0 aliphatic heterocycles. The normalized spacial score (nSPS) is 19.2. The van der Waals surface area contributed by atoms with Crippen molar-refractivity contribution in [2.24, 2.45) is 11.7 Å². The Labute approximate surface area is 126 Å². The highest BCUT2D eigenvalue weighted by Crippen LogP contribution is 2.38. The lowest BCUT2D eigenvalue weighted by Gasteiger charge is -2.31. The summed E-state index contributed by atoms with van der Waals surface area (Å²) in [5.41, 5.74) is 10.0. The standard InChI is InChI=1S/C19H21NO/c1-13(19(20)14-7-3-2-4-8-14)18(21)12-16-11-15-9-5-6-10-17(15)16/h2-10,13,16,19H,11-12,20H2,1H3. The number of carbonyl (C=O) groups excluding carboxylic acids is 1. The van der Waals surface area contributed by atoms with Crippen molar-refractivity contribution in [3.63, 3.8) is 0 Å². The number of hydrogen-bond acceptors (Lipinski definition) is 2. The second kappa shape index (κ2) is 5.82. The smallest absolute Gasteiger partial charge is 0.138 e. The number of ketones is 1. The molecule has 0 heterocycles. The number of Topliss-reactive ketones (excluding diaryl/α,β-unsaturated/α-hetero) is 1. The van der Waals surface area contributed by atoms with E-state index < -0.39 is 0 Å². The lowest BCUT2D eigenvalue weighted by atomic mass is 9.73. The first-order valence-electron chi connectivity index (χ1n) is 7.58. The maximum absolute atomic E-state index is 12.5. The van der Waals surface area contributed by atoms with Gasteiger partial charge in [-0.2, -0.15) is 0 Å². The van der Waals surface area contributed by atoms with Gasteiger partial charge in [-0.25, -0.2) is 0 Å². The molecule has 1 aliphatic carbocycles. The topological polar surface area (TPSA) is 43.1 Å². The minimum atomic E-state index is -0.214. The first-order valence-corrected chi connectivity index (χ1v) is 7.58. The van der Waals surface area contributed by atoms with Gasteiger partial charge in [0.25, 0.3) is 0 Å². The summed E-state index contributed by atoms with van der Waals surface area (Å²) < 4.78 is 0. The molecule has 0 saturated heterocycles. The summed E-state index contributed by atoms with van der Waals surface area (Å²) >= 11 is 0. The summed E-state index contributed by atoms with van der Waals surface area (Å²) in [6.07, 6.45) is 1.63. The SMILES string of the molecule is CC(C(=O)CC1Cc2ccccc21)C(N)c1ccccc1. The second-order valence-corrected chi connectivity index (χ2v) is 6.00. The van der Waals surface area contributed by atoms with E-state index in [9.17, 15) is 4.79 Å². The van der Waals surface area contributed by atoms with E-state index in [1.807, 2.05) is 37.3 Å². The zero-order valence-corrected chi connectivity index (χ0v) is 12.3. The van der Waals surface area contributed by atoms with E-state index in [1.54, 1.807) is 0 Å². The van der Waals surface area contributed by atoms with Crippen LogP contribution in [-0.2, 0) is 11.2 Å². The first kappa shape index (κ1) is 14.0. The Bertz CT molecular complexity index is 635. The molecule has 0 radical (unpaired) electrons. The van der Waals surface area contributed by atoms with Gasteiger partial charge >= 0.3 is 0 Å².